The third-order valence-corrected chi connectivity index (χ3v) is 2.86. The molecule has 13 heavy (non-hydrogen) atoms. The van der Waals surface area contributed by atoms with Gasteiger partial charge in [-0.3, -0.25) is 4.79 Å². The van der Waals surface area contributed by atoms with Crippen molar-refractivity contribution >= 4 is 28.8 Å². The highest BCUT2D eigenvalue weighted by molar-refractivity contribution is 7.12. The van der Waals surface area contributed by atoms with Crippen LogP contribution in [0.4, 0.5) is 0 Å². The molecule has 0 bridgehead atoms. The van der Waals surface area contributed by atoms with Crippen LogP contribution in [0.5, 0.6) is 0 Å². The van der Waals surface area contributed by atoms with Gasteiger partial charge in [0.2, 0.25) is 0 Å². The number of carbonyl (C=O) groups is 1. The van der Waals surface area contributed by atoms with Gasteiger partial charge >= 0.3 is 0 Å². The molecule has 0 aliphatic carbocycles. The van der Waals surface area contributed by atoms with E-state index in [0.717, 1.165) is 16.9 Å². The van der Waals surface area contributed by atoms with Crippen molar-refractivity contribution in [2.45, 2.75) is 13.3 Å². The summed E-state index contributed by atoms with van der Waals surface area (Å²) in [4.78, 5) is 12.3. The number of alkyl halides is 1. The van der Waals surface area contributed by atoms with Gasteiger partial charge in [-0.05, 0) is 23.4 Å². The second-order valence-electron chi connectivity index (χ2n) is 2.57. The summed E-state index contributed by atoms with van der Waals surface area (Å²) in [7, 11) is 0. The van der Waals surface area contributed by atoms with E-state index in [1.54, 1.807) is 0 Å². The van der Waals surface area contributed by atoms with Crippen LogP contribution in [0.15, 0.2) is 11.4 Å². The minimum atomic E-state index is -0.00694. The van der Waals surface area contributed by atoms with Gasteiger partial charge in [-0.2, -0.15) is 0 Å². The van der Waals surface area contributed by atoms with Gasteiger partial charge in [0.15, 0.2) is 0 Å². The maximum absolute atomic E-state index is 11.5. The van der Waals surface area contributed by atoms with Crippen molar-refractivity contribution in [2.75, 3.05) is 12.4 Å². The predicted molar refractivity (Wildman–Crippen MR) is 56.8 cm³/mol. The molecule has 72 valence electrons. The third-order valence-electron chi connectivity index (χ3n) is 1.71. The summed E-state index contributed by atoms with van der Waals surface area (Å²) in [6, 6.07) is 1.99. The van der Waals surface area contributed by atoms with Crippen LogP contribution in [0.25, 0.3) is 0 Å². The normalized spacial score (nSPS) is 10.0. The number of thiophene rings is 1. The number of halogens is 1. The highest BCUT2D eigenvalue weighted by atomic mass is 35.5. The summed E-state index contributed by atoms with van der Waals surface area (Å²) in [5.74, 6) is 0.450. The number of rotatable bonds is 4. The number of aryl methyl sites for hydroxylation is 1. The molecule has 1 aromatic heterocycles. The van der Waals surface area contributed by atoms with Crippen LogP contribution >= 0.6 is 22.9 Å². The molecule has 1 heterocycles. The van der Waals surface area contributed by atoms with Crippen molar-refractivity contribution in [3.8, 4) is 0 Å². The molecule has 2 nitrogen and oxygen atoms in total. The lowest BCUT2D eigenvalue weighted by atomic mass is 10.2. The lowest BCUT2D eigenvalue weighted by Crippen LogP contribution is -2.25. The first-order chi connectivity index (χ1) is 6.29. The largest absolute Gasteiger partial charge is 0.350 e. The van der Waals surface area contributed by atoms with Crippen LogP contribution in [0.2, 0.25) is 0 Å². The Hall–Kier alpha value is -0.540. The summed E-state index contributed by atoms with van der Waals surface area (Å²) in [5, 5.41) is 4.69. The number of amides is 1. The predicted octanol–water partition coefficient (Wildman–Crippen LogP) is 2.28. The fourth-order valence-electron chi connectivity index (χ4n) is 1.05. The summed E-state index contributed by atoms with van der Waals surface area (Å²) < 4.78 is 0. The van der Waals surface area contributed by atoms with Crippen molar-refractivity contribution in [1.29, 1.82) is 0 Å². The topological polar surface area (TPSA) is 29.1 Å². The number of carbonyl (C=O) groups excluding carboxylic acids is 1. The Balaban J connectivity index is 2.65. The van der Waals surface area contributed by atoms with Gasteiger partial charge in [-0.1, -0.05) is 6.92 Å². The fourth-order valence-corrected chi connectivity index (χ4v) is 2.06. The van der Waals surface area contributed by atoms with Crippen molar-refractivity contribution in [2.24, 2.45) is 0 Å². The molecule has 1 N–H and O–H groups in total. The summed E-state index contributed by atoms with van der Waals surface area (Å²) in [5.41, 5.74) is 1.11. The minimum absolute atomic E-state index is 0.00694. The molecule has 0 atom stereocenters. The van der Waals surface area contributed by atoms with Gasteiger partial charge in [0.05, 0.1) is 4.88 Å². The van der Waals surface area contributed by atoms with Crippen LogP contribution in [0.1, 0.15) is 22.2 Å². The number of nitrogens with one attached hydrogen (secondary N) is 1. The third kappa shape index (κ3) is 2.71. The monoisotopic (exact) mass is 217 g/mol. The zero-order valence-corrected chi connectivity index (χ0v) is 9.04. The van der Waals surface area contributed by atoms with Gasteiger partial charge < -0.3 is 5.32 Å². The SMILES string of the molecule is CCc1ccsc1C(=O)NCCCl. The standard InChI is InChI=1S/C9H12ClNOS/c1-2-7-3-6-13-8(7)9(12)11-5-4-10/h3,6H,2,4-5H2,1H3,(H,11,12). The van der Waals surface area contributed by atoms with E-state index in [2.05, 4.69) is 5.32 Å². The van der Waals surface area contributed by atoms with Crippen LogP contribution < -0.4 is 5.32 Å². The fraction of sp³-hybridized carbons (Fsp3) is 0.444. The molecule has 1 amide bonds. The Bertz CT molecular complexity index is 285. The summed E-state index contributed by atoms with van der Waals surface area (Å²) >= 11 is 6.95. The molecule has 0 spiro atoms. The molecule has 0 aliphatic heterocycles. The van der Waals surface area contributed by atoms with Crippen molar-refractivity contribution in [3.05, 3.63) is 21.9 Å². The molecule has 1 rings (SSSR count). The Morgan fingerprint density at radius 2 is 2.46 bits per heavy atom. The van der Waals surface area contributed by atoms with Gasteiger partial charge in [0.25, 0.3) is 5.91 Å². The first-order valence-electron chi connectivity index (χ1n) is 4.20. The highest BCUT2D eigenvalue weighted by Crippen LogP contribution is 2.16. The molecule has 1 aromatic rings. The highest BCUT2D eigenvalue weighted by Gasteiger charge is 2.10. The zero-order chi connectivity index (χ0) is 9.68. The molecule has 0 aliphatic rings. The average Bonchev–Trinajstić information content (AvgIpc) is 2.61. The minimum Gasteiger partial charge on any atom is -0.350 e. The first-order valence-corrected chi connectivity index (χ1v) is 5.61. The molecule has 0 aromatic carbocycles. The molecular weight excluding hydrogens is 206 g/mol. The van der Waals surface area contributed by atoms with Gasteiger partial charge in [-0.15, -0.1) is 22.9 Å². The maximum atomic E-state index is 11.5. The van der Waals surface area contributed by atoms with Crippen molar-refractivity contribution < 1.29 is 4.79 Å². The Morgan fingerprint density at radius 3 is 3.08 bits per heavy atom. The molecular formula is C9H12ClNOS. The van der Waals surface area contributed by atoms with E-state index < -0.39 is 0 Å². The van der Waals surface area contributed by atoms with Gasteiger partial charge in [0, 0.05) is 12.4 Å². The lowest BCUT2D eigenvalue weighted by Gasteiger charge is -2.01. The van der Waals surface area contributed by atoms with E-state index in [0.29, 0.717) is 12.4 Å². The Labute approximate surface area is 86.9 Å². The van der Waals surface area contributed by atoms with E-state index in [1.165, 1.54) is 11.3 Å². The Kier molecular flexibility index (Phi) is 4.25. The zero-order valence-electron chi connectivity index (χ0n) is 7.47. The second kappa shape index (κ2) is 5.25. The van der Waals surface area contributed by atoms with E-state index in [-0.39, 0.29) is 5.91 Å². The van der Waals surface area contributed by atoms with Gasteiger partial charge in [-0.25, -0.2) is 0 Å². The van der Waals surface area contributed by atoms with Crippen molar-refractivity contribution in [1.82, 2.24) is 5.32 Å². The molecule has 0 radical (unpaired) electrons. The van der Waals surface area contributed by atoms with Crippen LogP contribution in [-0.4, -0.2) is 18.3 Å². The van der Waals surface area contributed by atoms with Crippen molar-refractivity contribution in [3.63, 3.8) is 0 Å². The first kappa shape index (κ1) is 10.5. The summed E-state index contributed by atoms with van der Waals surface area (Å²) in [6.45, 7) is 2.57. The molecule has 4 heteroatoms. The number of hydrogen-bond acceptors (Lipinski definition) is 2. The average molecular weight is 218 g/mol. The number of hydrogen-bond donors (Lipinski definition) is 1. The van der Waals surface area contributed by atoms with Crippen LogP contribution in [0, 0.1) is 0 Å². The molecule has 0 unspecified atom stereocenters. The lowest BCUT2D eigenvalue weighted by molar-refractivity contribution is 0.0959. The van der Waals surface area contributed by atoms with Gasteiger partial charge in [0.1, 0.15) is 0 Å². The molecule has 0 saturated heterocycles. The molecule has 0 fully saturated rings. The van der Waals surface area contributed by atoms with Crippen LogP contribution in [0.3, 0.4) is 0 Å². The van der Waals surface area contributed by atoms with E-state index in [9.17, 15) is 4.79 Å². The quantitative estimate of drug-likeness (QED) is 0.771. The maximum Gasteiger partial charge on any atom is 0.261 e. The molecule has 0 saturated carbocycles. The van der Waals surface area contributed by atoms with E-state index in [1.807, 2.05) is 18.4 Å². The van der Waals surface area contributed by atoms with E-state index >= 15 is 0 Å². The second-order valence-corrected chi connectivity index (χ2v) is 3.87. The van der Waals surface area contributed by atoms with Crippen LogP contribution in [-0.2, 0) is 6.42 Å². The Morgan fingerprint density at radius 1 is 1.69 bits per heavy atom. The van der Waals surface area contributed by atoms with E-state index in [4.69, 9.17) is 11.6 Å². The summed E-state index contributed by atoms with van der Waals surface area (Å²) in [6.07, 6.45) is 0.896. The smallest absolute Gasteiger partial charge is 0.261 e.